The van der Waals surface area contributed by atoms with Crippen molar-refractivity contribution >= 4 is 5.97 Å². The lowest BCUT2D eigenvalue weighted by molar-refractivity contribution is -0.191. The number of hydrogen-bond acceptors (Lipinski definition) is 4. The zero-order chi connectivity index (χ0) is 12.0. The smallest absolute Gasteiger partial charge is 0.309 e. The summed E-state index contributed by atoms with van der Waals surface area (Å²) in [5.41, 5.74) is 0.381. The molecule has 0 unspecified atom stereocenters. The number of carbonyl (C=O) groups is 1. The molecule has 0 spiro atoms. The third-order valence-corrected chi connectivity index (χ3v) is 3.94. The number of fused-ring (bicyclic) bond motifs is 3. The number of aromatic amines is 1. The van der Waals surface area contributed by atoms with Gasteiger partial charge in [0.25, 0.3) is 5.56 Å². The molecule has 2 bridgehead atoms. The van der Waals surface area contributed by atoms with E-state index in [0.29, 0.717) is 11.3 Å². The van der Waals surface area contributed by atoms with Crippen LogP contribution in [0, 0.1) is 12.8 Å². The molecule has 2 aliphatic heterocycles. The summed E-state index contributed by atoms with van der Waals surface area (Å²) in [5.74, 6) is -0.0804. The highest BCUT2D eigenvalue weighted by atomic mass is 16.6. The van der Waals surface area contributed by atoms with Crippen LogP contribution in [-0.2, 0) is 15.1 Å². The molecule has 17 heavy (non-hydrogen) atoms. The summed E-state index contributed by atoms with van der Waals surface area (Å²) in [6.45, 7) is 1.73. The summed E-state index contributed by atoms with van der Waals surface area (Å²) < 4.78 is 5.54. The van der Waals surface area contributed by atoms with Gasteiger partial charge in [-0.3, -0.25) is 9.59 Å². The normalized spacial score (nSPS) is 31.4. The van der Waals surface area contributed by atoms with Gasteiger partial charge in [0.1, 0.15) is 0 Å². The van der Waals surface area contributed by atoms with Crippen LogP contribution in [0.2, 0.25) is 0 Å². The van der Waals surface area contributed by atoms with Crippen LogP contribution in [0.4, 0.5) is 0 Å². The molecule has 0 aromatic carbocycles. The molecule has 1 saturated carbocycles. The number of hydrogen-bond donors (Lipinski definition) is 1. The molecule has 90 valence electrons. The molecule has 3 heterocycles. The quantitative estimate of drug-likeness (QED) is 0.736. The minimum Gasteiger partial charge on any atom is -0.452 e. The second kappa shape index (κ2) is 3.42. The Morgan fingerprint density at radius 2 is 2.12 bits per heavy atom. The van der Waals surface area contributed by atoms with E-state index in [1.807, 2.05) is 0 Å². The van der Waals surface area contributed by atoms with E-state index in [9.17, 15) is 9.59 Å². The van der Waals surface area contributed by atoms with E-state index < -0.39 is 5.60 Å². The fourth-order valence-corrected chi connectivity index (χ4v) is 2.91. The highest BCUT2D eigenvalue weighted by molar-refractivity contribution is 5.75. The summed E-state index contributed by atoms with van der Waals surface area (Å²) in [5, 5.41) is 0. The Kier molecular flexibility index (Phi) is 2.11. The van der Waals surface area contributed by atoms with E-state index in [2.05, 4.69) is 9.97 Å². The maximum atomic E-state index is 11.7. The Morgan fingerprint density at radius 3 is 2.76 bits per heavy atom. The van der Waals surface area contributed by atoms with Gasteiger partial charge < -0.3 is 9.72 Å². The summed E-state index contributed by atoms with van der Waals surface area (Å²) in [4.78, 5) is 30.1. The highest BCUT2D eigenvalue weighted by Crippen LogP contribution is 2.47. The first-order valence-corrected chi connectivity index (χ1v) is 5.90. The van der Waals surface area contributed by atoms with Crippen molar-refractivity contribution in [1.82, 2.24) is 9.97 Å². The Hall–Kier alpha value is -1.65. The van der Waals surface area contributed by atoms with Crippen molar-refractivity contribution < 1.29 is 9.53 Å². The molecule has 1 aromatic rings. The van der Waals surface area contributed by atoms with Crippen molar-refractivity contribution in [2.45, 2.75) is 38.2 Å². The Labute approximate surface area is 98.2 Å². The summed E-state index contributed by atoms with van der Waals surface area (Å²) in [7, 11) is 0. The number of rotatable bonds is 1. The molecule has 3 fully saturated rings. The van der Waals surface area contributed by atoms with E-state index >= 15 is 0 Å². The topological polar surface area (TPSA) is 72.0 Å². The molecule has 5 heteroatoms. The largest absolute Gasteiger partial charge is 0.452 e. The van der Waals surface area contributed by atoms with Gasteiger partial charge in [0.2, 0.25) is 0 Å². The first-order valence-electron chi connectivity index (χ1n) is 5.90. The summed E-state index contributed by atoms with van der Waals surface area (Å²) >= 11 is 0. The molecule has 1 aromatic heterocycles. The van der Waals surface area contributed by atoms with Gasteiger partial charge in [-0.05, 0) is 32.6 Å². The lowest BCUT2D eigenvalue weighted by Gasteiger charge is -2.44. The Balaban J connectivity index is 2.11. The SMILES string of the molecule is Cc1c(C23CCC(CC2)C(=O)O3)nc[nH]c1=O. The number of carbonyl (C=O) groups excluding carboxylic acids is 1. The minimum absolute atomic E-state index is 0.0548. The highest BCUT2D eigenvalue weighted by Gasteiger charge is 2.50. The van der Waals surface area contributed by atoms with Crippen LogP contribution in [0.3, 0.4) is 0 Å². The molecule has 5 nitrogen and oxygen atoms in total. The van der Waals surface area contributed by atoms with Crippen molar-refractivity contribution in [3.05, 3.63) is 27.9 Å². The molecule has 0 atom stereocenters. The average Bonchev–Trinajstić information content (AvgIpc) is 2.33. The number of aromatic nitrogens is 2. The second-order valence-electron chi connectivity index (χ2n) is 4.89. The molecule has 3 aliphatic rings. The van der Waals surface area contributed by atoms with Gasteiger partial charge in [-0.1, -0.05) is 0 Å². The fourth-order valence-electron chi connectivity index (χ4n) is 2.91. The molecular weight excluding hydrogens is 220 g/mol. The maximum absolute atomic E-state index is 11.7. The second-order valence-corrected chi connectivity index (χ2v) is 4.89. The van der Waals surface area contributed by atoms with Crippen molar-refractivity contribution in [3.8, 4) is 0 Å². The van der Waals surface area contributed by atoms with Crippen LogP contribution in [0.1, 0.15) is 36.9 Å². The number of H-pyrrole nitrogens is 1. The molecule has 2 saturated heterocycles. The third kappa shape index (κ3) is 1.41. The Bertz CT molecular complexity index is 527. The fraction of sp³-hybridized carbons (Fsp3) is 0.583. The van der Waals surface area contributed by atoms with Crippen LogP contribution in [-0.4, -0.2) is 15.9 Å². The predicted octanol–water partition coefficient (Wildman–Crippen LogP) is 1.02. The van der Waals surface area contributed by atoms with Gasteiger partial charge >= 0.3 is 5.97 Å². The monoisotopic (exact) mass is 234 g/mol. The van der Waals surface area contributed by atoms with E-state index in [1.165, 1.54) is 6.33 Å². The van der Waals surface area contributed by atoms with E-state index in [0.717, 1.165) is 25.7 Å². The zero-order valence-electron chi connectivity index (χ0n) is 9.66. The number of ether oxygens (including phenoxy) is 1. The van der Waals surface area contributed by atoms with Crippen molar-refractivity contribution in [2.75, 3.05) is 0 Å². The van der Waals surface area contributed by atoms with Crippen LogP contribution in [0.15, 0.2) is 11.1 Å². The van der Waals surface area contributed by atoms with Crippen LogP contribution >= 0.6 is 0 Å². The number of esters is 1. The molecule has 0 radical (unpaired) electrons. The minimum atomic E-state index is -0.649. The zero-order valence-corrected chi connectivity index (χ0v) is 9.66. The van der Waals surface area contributed by atoms with Gasteiger partial charge in [-0.15, -0.1) is 0 Å². The summed E-state index contributed by atoms with van der Waals surface area (Å²) in [6.07, 6.45) is 4.62. The first kappa shape index (κ1) is 10.5. The first-order chi connectivity index (χ1) is 8.12. The predicted molar refractivity (Wildman–Crippen MR) is 59.3 cm³/mol. The third-order valence-electron chi connectivity index (χ3n) is 3.94. The van der Waals surface area contributed by atoms with Crippen LogP contribution in [0.25, 0.3) is 0 Å². The van der Waals surface area contributed by atoms with E-state index in [-0.39, 0.29) is 17.4 Å². The van der Waals surface area contributed by atoms with Gasteiger partial charge in [-0.2, -0.15) is 0 Å². The standard InChI is InChI=1S/C12H14N2O3/c1-7-9(13-6-14-10(7)15)12-4-2-8(3-5-12)11(16)17-12/h6,8H,2-5H2,1H3,(H,13,14,15). The lowest BCUT2D eigenvalue weighted by atomic mass is 9.73. The maximum Gasteiger partial charge on any atom is 0.309 e. The lowest BCUT2D eigenvalue weighted by Crippen LogP contribution is -2.47. The van der Waals surface area contributed by atoms with Crippen LogP contribution < -0.4 is 5.56 Å². The summed E-state index contributed by atoms with van der Waals surface area (Å²) in [6, 6.07) is 0. The van der Waals surface area contributed by atoms with Gasteiger partial charge in [0, 0.05) is 5.56 Å². The average molecular weight is 234 g/mol. The number of nitrogens with one attached hydrogen (secondary N) is 1. The number of nitrogens with zero attached hydrogens (tertiary/aromatic N) is 1. The van der Waals surface area contributed by atoms with Crippen molar-refractivity contribution in [3.63, 3.8) is 0 Å². The van der Waals surface area contributed by atoms with E-state index in [4.69, 9.17) is 4.74 Å². The molecular formula is C12H14N2O3. The van der Waals surface area contributed by atoms with Gasteiger partial charge in [0.15, 0.2) is 5.60 Å². The van der Waals surface area contributed by atoms with Crippen molar-refractivity contribution in [2.24, 2.45) is 5.92 Å². The van der Waals surface area contributed by atoms with E-state index in [1.54, 1.807) is 6.92 Å². The molecule has 1 N–H and O–H groups in total. The molecule has 0 amide bonds. The molecule has 4 rings (SSSR count). The van der Waals surface area contributed by atoms with Crippen LogP contribution in [0.5, 0.6) is 0 Å². The Morgan fingerprint density at radius 1 is 1.41 bits per heavy atom. The molecule has 1 aliphatic carbocycles. The van der Waals surface area contributed by atoms with Gasteiger partial charge in [-0.25, -0.2) is 4.98 Å². The van der Waals surface area contributed by atoms with Crippen molar-refractivity contribution in [1.29, 1.82) is 0 Å². The van der Waals surface area contributed by atoms with Gasteiger partial charge in [0.05, 0.1) is 17.9 Å².